The Morgan fingerprint density at radius 1 is 1.13 bits per heavy atom. The highest BCUT2D eigenvalue weighted by Gasteiger charge is 2.51. The Bertz CT molecular complexity index is 696. The van der Waals surface area contributed by atoms with Gasteiger partial charge in [0, 0.05) is 11.0 Å². The second-order valence-corrected chi connectivity index (χ2v) is 7.80. The fourth-order valence-corrected chi connectivity index (χ4v) is 3.51. The SMILES string of the molecule is O=S(=O)(N(CC1CC1)c1cc(C(F)(F)F)ccc1Br)C(F)(F)F. The molecule has 0 heterocycles. The molecule has 130 valence electrons. The minimum absolute atomic E-state index is 0.00396. The van der Waals surface area contributed by atoms with Gasteiger partial charge in [-0.2, -0.15) is 34.8 Å². The van der Waals surface area contributed by atoms with Crippen LogP contribution in [0.25, 0.3) is 0 Å². The van der Waals surface area contributed by atoms with Crippen molar-refractivity contribution in [2.45, 2.75) is 24.5 Å². The van der Waals surface area contributed by atoms with Crippen LogP contribution in [0.4, 0.5) is 32.0 Å². The molecule has 0 N–H and O–H groups in total. The molecule has 3 nitrogen and oxygen atoms in total. The van der Waals surface area contributed by atoms with E-state index in [4.69, 9.17) is 0 Å². The van der Waals surface area contributed by atoms with Crippen molar-refractivity contribution in [3.05, 3.63) is 28.2 Å². The summed E-state index contributed by atoms with van der Waals surface area (Å²) in [7, 11) is -5.80. The molecule has 1 saturated carbocycles. The Kier molecular flexibility index (Phi) is 4.66. The van der Waals surface area contributed by atoms with Crippen molar-refractivity contribution in [3.8, 4) is 0 Å². The molecule has 0 aliphatic heterocycles. The number of rotatable bonds is 4. The lowest BCUT2D eigenvalue weighted by Gasteiger charge is -2.27. The summed E-state index contributed by atoms with van der Waals surface area (Å²) in [5, 5.41) is 0. The maximum atomic E-state index is 12.8. The van der Waals surface area contributed by atoms with Crippen molar-refractivity contribution >= 4 is 31.6 Å². The molecule has 11 heteroatoms. The van der Waals surface area contributed by atoms with Gasteiger partial charge in [-0.05, 0) is 52.9 Å². The van der Waals surface area contributed by atoms with E-state index < -0.39 is 39.5 Å². The van der Waals surface area contributed by atoms with Gasteiger partial charge in [0.05, 0.1) is 11.3 Å². The van der Waals surface area contributed by atoms with Crippen molar-refractivity contribution in [2.24, 2.45) is 5.92 Å². The third kappa shape index (κ3) is 3.93. The number of hydrogen-bond acceptors (Lipinski definition) is 2. The summed E-state index contributed by atoms with van der Waals surface area (Å²) in [5.41, 5.74) is -7.51. The molecule has 0 aromatic heterocycles. The number of alkyl halides is 6. The molecule has 1 aliphatic carbocycles. The average Bonchev–Trinajstić information content (AvgIpc) is 3.18. The summed E-state index contributed by atoms with van der Waals surface area (Å²) >= 11 is 2.83. The number of hydrogen-bond donors (Lipinski definition) is 0. The molecule has 0 saturated heterocycles. The van der Waals surface area contributed by atoms with Gasteiger partial charge in [0.15, 0.2) is 0 Å². The highest BCUT2D eigenvalue weighted by molar-refractivity contribution is 9.10. The third-order valence-corrected chi connectivity index (χ3v) is 5.43. The Morgan fingerprint density at radius 3 is 2.13 bits per heavy atom. The first kappa shape index (κ1) is 18.4. The summed E-state index contributed by atoms with van der Waals surface area (Å²) in [5.74, 6) is -0.298. The number of nitrogens with zero attached hydrogens (tertiary/aromatic N) is 1. The Balaban J connectivity index is 2.56. The van der Waals surface area contributed by atoms with Crippen molar-refractivity contribution in [3.63, 3.8) is 0 Å². The van der Waals surface area contributed by atoms with Gasteiger partial charge in [0.2, 0.25) is 0 Å². The lowest BCUT2D eigenvalue weighted by Crippen LogP contribution is -2.42. The van der Waals surface area contributed by atoms with Crippen LogP contribution in [0.2, 0.25) is 0 Å². The van der Waals surface area contributed by atoms with Crippen LogP contribution in [-0.2, 0) is 16.2 Å². The smallest absolute Gasteiger partial charge is 0.261 e. The molecule has 1 aromatic rings. The summed E-state index contributed by atoms with van der Waals surface area (Å²) in [6, 6.07) is 1.93. The van der Waals surface area contributed by atoms with Crippen LogP contribution in [0.1, 0.15) is 18.4 Å². The first-order valence-electron chi connectivity index (χ1n) is 6.30. The zero-order valence-electron chi connectivity index (χ0n) is 11.2. The van der Waals surface area contributed by atoms with Gasteiger partial charge < -0.3 is 0 Å². The van der Waals surface area contributed by atoms with E-state index in [9.17, 15) is 34.8 Å². The maximum absolute atomic E-state index is 12.8. The first-order chi connectivity index (χ1) is 10.3. The zero-order valence-corrected chi connectivity index (χ0v) is 13.7. The van der Waals surface area contributed by atoms with E-state index in [1.165, 1.54) is 0 Å². The topological polar surface area (TPSA) is 37.4 Å². The number of benzene rings is 1. The fraction of sp³-hybridized carbons (Fsp3) is 0.500. The molecule has 0 bridgehead atoms. The average molecular weight is 426 g/mol. The van der Waals surface area contributed by atoms with Crippen LogP contribution in [0.15, 0.2) is 22.7 Å². The van der Waals surface area contributed by atoms with Gasteiger partial charge >= 0.3 is 21.7 Å². The molecule has 1 fully saturated rings. The zero-order chi connectivity index (χ0) is 17.6. The van der Waals surface area contributed by atoms with Crippen molar-refractivity contribution in [1.29, 1.82) is 0 Å². The second-order valence-electron chi connectivity index (χ2n) is 5.09. The summed E-state index contributed by atoms with van der Waals surface area (Å²) in [4.78, 5) is 0. The van der Waals surface area contributed by atoms with Crippen LogP contribution in [0.3, 0.4) is 0 Å². The molecular weight excluding hydrogens is 416 g/mol. The van der Waals surface area contributed by atoms with Crippen LogP contribution in [-0.4, -0.2) is 20.5 Å². The second kappa shape index (κ2) is 5.83. The van der Waals surface area contributed by atoms with Crippen molar-refractivity contribution in [2.75, 3.05) is 10.8 Å². The first-order valence-corrected chi connectivity index (χ1v) is 8.53. The lowest BCUT2D eigenvalue weighted by molar-refractivity contribution is -0.137. The molecule has 0 atom stereocenters. The Labute approximate surface area is 136 Å². The Morgan fingerprint density at radius 2 is 1.70 bits per heavy atom. The van der Waals surface area contributed by atoms with E-state index in [0.29, 0.717) is 25.0 Å². The molecule has 0 spiro atoms. The predicted molar refractivity (Wildman–Crippen MR) is 74.2 cm³/mol. The number of sulfonamides is 1. The van der Waals surface area contributed by atoms with Crippen LogP contribution < -0.4 is 4.31 Å². The van der Waals surface area contributed by atoms with Crippen LogP contribution >= 0.6 is 15.9 Å². The van der Waals surface area contributed by atoms with Gasteiger partial charge in [0.1, 0.15) is 0 Å². The highest BCUT2D eigenvalue weighted by Crippen LogP contribution is 2.41. The number of anilines is 1. The predicted octanol–water partition coefficient (Wildman–Crippen LogP) is 4.53. The fourth-order valence-electron chi connectivity index (χ4n) is 1.87. The van der Waals surface area contributed by atoms with E-state index in [1.807, 2.05) is 0 Å². The molecular formula is C12H10BrF6NO2S. The third-order valence-electron chi connectivity index (χ3n) is 3.25. The molecule has 23 heavy (non-hydrogen) atoms. The van der Waals surface area contributed by atoms with E-state index in [1.54, 1.807) is 0 Å². The van der Waals surface area contributed by atoms with Gasteiger partial charge in [-0.1, -0.05) is 0 Å². The number of halogens is 7. The molecule has 1 aromatic carbocycles. The van der Waals surface area contributed by atoms with Gasteiger partial charge in [-0.3, -0.25) is 4.31 Å². The van der Waals surface area contributed by atoms with Gasteiger partial charge in [-0.15, -0.1) is 0 Å². The minimum atomic E-state index is -5.80. The molecule has 0 radical (unpaired) electrons. The minimum Gasteiger partial charge on any atom is -0.261 e. The standard InChI is InChI=1S/C12H10BrF6NO2S/c13-9-4-3-8(11(14,15)16)5-10(9)20(6-7-1-2-7)23(21,22)12(17,18)19/h3-5,7H,1-2,6H2. The lowest BCUT2D eigenvalue weighted by atomic mass is 10.2. The van der Waals surface area contributed by atoms with Crippen LogP contribution in [0, 0.1) is 5.92 Å². The van der Waals surface area contributed by atoms with E-state index in [-0.39, 0.29) is 14.7 Å². The summed E-state index contributed by atoms with van der Waals surface area (Å²) in [6.45, 7) is -0.512. The largest absolute Gasteiger partial charge is 0.516 e. The highest BCUT2D eigenvalue weighted by atomic mass is 79.9. The molecule has 2 rings (SSSR count). The Hall–Kier alpha value is -0.970. The summed E-state index contributed by atoms with van der Waals surface area (Å²) in [6.07, 6.45) is -3.75. The molecule has 0 unspecified atom stereocenters. The van der Waals surface area contributed by atoms with E-state index in [0.717, 1.165) is 6.07 Å². The molecule has 1 aliphatic rings. The van der Waals surface area contributed by atoms with Crippen molar-refractivity contribution < 1.29 is 34.8 Å². The van der Waals surface area contributed by atoms with Gasteiger partial charge in [-0.25, -0.2) is 0 Å². The van der Waals surface area contributed by atoms with Crippen LogP contribution in [0.5, 0.6) is 0 Å². The monoisotopic (exact) mass is 425 g/mol. The normalized spacial score (nSPS) is 16.5. The summed E-state index contributed by atoms with van der Waals surface area (Å²) < 4.78 is 100. The molecule has 0 amide bonds. The van der Waals surface area contributed by atoms with Gasteiger partial charge in [0.25, 0.3) is 0 Å². The van der Waals surface area contributed by atoms with E-state index in [2.05, 4.69) is 15.9 Å². The van der Waals surface area contributed by atoms with Crippen molar-refractivity contribution in [1.82, 2.24) is 0 Å². The maximum Gasteiger partial charge on any atom is 0.516 e. The quantitative estimate of drug-likeness (QED) is 0.664. The van der Waals surface area contributed by atoms with E-state index >= 15 is 0 Å².